The van der Waals surface area contributed by atoms with Gasteiger partial charge in [-0.2, -0.15) is 8.42 Å². The maximum atomic E-state index is 11.7. The maximum Gasteiger partial charge on any atom is 0.297 e. The second-order valence-corrected chi connectivity index (χ2v) is 4.47. The zero-order valence-electron chi connectivity index (χ0n) is 8.11. The molecule has 0 atom stereocenters. The van der Waals surface area contributed by atoms with Crippen LogP contribution in [0.3, 0.4) is 0 Å². The lowest BCUT2D eigenvalue weighted by Crippen LogP contribution is -2.16. The van der Waals surface area contributed by atoms with Crippen LogP contribution >= 0.6 is 0 Å². The van der Waals surface area contributed by atoms with Gasteiger partial charge in [0, 0.05) is 5.69 Å². The molecule has 0 saturated carbocycles. The van der Waals surface area contributed by atoms with Crippen LogP contribution in [-0.4, -0.2) is 23.4 Å². The van der Waals surface area contributed by atoms with Gasteiger partial charge in [0.05, 0.1) is 0 Å². The molecule has 2 rings (SSSR count). The summed E-state index contributed by atoms with van der Waals surface area (Å²) in [6.45, 7) is 0. The number of anilines is 1. The summed E-state index contributed by atoms with van der Waals surface area (Å²) in [6, 6.07) is 8.52. The first kappa shape index (κ1) is 10.5. The van der Waals surface area contributed by atoms with Crippen LogP contribution in [0, 0.1) is 0 Å². The molecule has 0 saturated heterocycles. The third-order valence-corrected chi connectivity index (χ3v) is 2.93. The van der Waals surface area contributed by atoms with Crippen LogP contribution in [0.25, 0.3) is 0 Å². The average Bonchev–Trinajstić information content (AvgIpc) is 2.31. The summed E-state index contributed by atoms with van der Waals surface area (Å²) in [6.07, 6.45) is 2.26. The second kappa shape index (κ2) is 4.23. The second-order valence-electron chi connectivity index (χ2n) is 2.89. The number of aromatic nitrogens is 3. The Morgan fingerprint density at radius 3 is 2.25 bits per heavy atom. The number of hydrogen-bond donors (Lipinski definition) is 1. The molecule has 0 spiro atoms. The molecular weight excluding hydrogens is 228 g/mol. The Morgan fingerprint density at radius 1 is 1.00 bits per heavy atom. The molecule has 16 heavy (non-hydrogen) atoms. The lowest BCUT2D eigenvalue weighted by Gasteiger charge is -2.05. The van der Waals surface area contributed by atoms with Gasteiger partial charge in [0.2, 0.25) is 0 Å². The quantitative estimate of drug-likeness (QED) is 0.846. The molecule has 0 aliphatic heterocycles. The molecule has 2 aromatic rings. The SMILES string of the molecule is O=S(=O)(Nc1ccccc1)c1ncncn1. The summed E-state index contributed by atoms with van der Waals surface area (Å²) < 4.78 is 25.8. The van der Waals surface area contributed by atoms with Crippen LogP contribution in [0.15, 0.2) is 48.1 Å². The molecule has 1 aromatic carbocycles. The molecule has 82 valence electrons. The van der Waals surface area contributed by atoms with E-state index in [-0.39, 0.29) is 5.16 Å². The Labute approximate surface area is 92.5 Å². The largest absolute Gasteiger partial charge is 0.297 e. The highest BCUT2D eigenvalue weighted by Crippen LogP contribution is 2.10. The van der Waals surface area contributed by atoms with Crippen LogP contribution in [0.2, 0.25) is 0 Å². The normalized spacial score (nSPS) is 11.0. The fourth-order valence-corrected chi connectivity index (χ4v) is 1.98. The first-order valence-corrected chi connectivity index (χ1v) is 5.87. The number of hydrogen-bond acceptors (Lipinski definition) is 5. The number of nitrogens with zero attached hydrogens (tertiary/aromatic N) is 3. The van der Waals surface area contributed by atoms with Gasteiger partial charge in [-0.3, -0.25) is 4.72 Å². The van der Waals surface area contributed by atoms with Gasteiger partial charge in [0.15, 0.2) is 0 Å². The number of sulfonamides is 1. The highest BCUT2D eigenvalue weighted by molar-refractivity contribution is 7.92. The summed E-state index contributed by atoms with van der Waals surface area (Å²) in [7, 11) is -3.73. The molecule has 0 fully saturated rings. The van der Waals surface area contributed by atoms with Crippen LogP contribution in [0.4, 0.5) is 5.69 Å². The third-order valence-electron chi connectivity index (χ3n) is 1.74. The molecule has 7 heteroatoms. The van der Waals surface area contributed by atoms with Crippen LogP contribution < -0.4 is 4.72 Å². The predicted molar refractivity (Wildman–Crippen MR) is 57.1 cm³/mol. The van der Waals surface area contributed by atoms with Crippen molar-refractivity contribution in [3.05, 3.63) is 43.0 Å². The van der Waals surface area contributed by atoms with Gasteiger partial charge in [-0.05, 0) is 12.1 Å². The lowest BCUT2D eigenvalue weighted by molar-refractivity contribution is 0.591. The molecule has 0 radical (unpaired) electrons. The standard InChI is InChI=1S/C9H8N4O2S/c14-16(15,9-11-6-10-7-12-9)13-8-4-2-1-3-5-8/h1-7,13H. The Balaban J connectivity index is 2.29. The molecule has 0 aliphatic rings. The first-order valence-electron chi connectivity index (χ1n) is 4.38. The summed E-state index contributed by atoms with van der Waals surface area (Å²) in [4.78, 5) is 10.7. The molecule has 1 N–H and O–H groups in total. The average molecular weight is 236 g/mol. The van der Waals surface area contributed by atoms with Crippen molar-refractivity contribution in [3.8, 4) is 0 Å². The molecule has 0 aliphatic carbocycles. The summed E-state index contributed by atoms with van der Waals surface area (Å²) >= 11 is 0. The summed E-state index contributed by atoms with van der Waals surface area (Å²) in [5, 5.41) is -0.300. The van der Waals surface area contributed by atoms with E-state index < -0.39 is 10.0 Å². The fourth-order valence-electron chi connectivity index (χ4n) is 1.07. The van der Waals surface area contributed by atoms with Crippen molar-refractivity contribution in [2.75, 3.05) is 4.72 Å². The molecule has 0 bridgehead atoms. The van der Waals surface area contributed by atoms with Crippen molar-refractivity contribution in [3.63, 3.8) is 0 Å². The van der Waals surface area contributed by atoms with Crippen molar-refractivity contribution >= 4 is 15.7 Å². The van der Waals surface area contributed by atoms with E-state index in [4.69, 9.17) is 0 Å². The van der Waals surface area contributed by atoms with Gasteiger partial charge in [-0.25, -0.2) is 15.0 Å². The molecular formula is C9H8N4O2S. The number of benzene rings is 1. The van der Waals surface area contributed by atoms with Crippen LogP contribution in [0.5, 0.6) is 0 Å². The summed E-state index contributed by atoms with van der Waals surface area (Å²) in [5.41, 5.74) is 0.461. The van der Waals surface area contributed by atoms with Gasteiger partial charge in [-0.15, -0.1) is 0 Å². The smallest absolute Gasteiger partial charge is 0.277 e. The van der Waals surface area contributed by atoms with E-state index in [0.717, 1.165) is 12.7 Å². The van der Waals surface area contributed by atoms with Crippen molar-refractivity contribution in [1.82, 2.24) is 15.0 Å². The molecule has 1 heterocycles. The Hall–Kier alpha value is -2.02. The maximum absolute atomic E-state index is 11.7. The fraction of sp³-hybridized carbons (Fsp3) is 0. The first-order chi connectivity index (χ1) is 7.68. The molecule has 1 aromatic heterocycles. The third kappa shape index (κ3) is 2.31. The molecule has 0 unspecified atom stereocenters. The van der Waals surface area contributed by atoms with Crippen molar-refractivity contribution in [1.29, 1.82) is 0 Å². The van der Waals surface area contributed by atoms with Crippen molar-refractivity contribution in [2.45, 2.75) is 5.16 Å². The monoisotopic (exact) mass is 236 g/mol. The van der Waals surface area contributed by atoms with Crippen LogP contribution in [-0.2, 0) is 10.0 Å². The number of para-hydroxylation sites is 1. The van der Waals surface area contributed by atoms with E-state index in [9.17, 15) is 8.42 Å². The van der Waals surface area contributed by atoms with E-state index in [2.05, 4.69) is 19.7 Å². The zero-order valence-corrected chi connectivity index (χ0v) is 8.92. The van der Waals surface area contributed by atoms with Gasteiger partial charge in [0.1, 0.15) is 12.7 Å². The van der Waals surface area contributed by atoms with E-state index in [1.807, 2.05) is 0 Å². The van der Waals surface area contributed by atoms with Gasteiger partial charge < -0.3 is 0 Å². The van der Waals surface area contributed by atoms with Crippen molar-refractivity contribution < 1.29 is 8.42 Å². The number of nitrogens with one attached hydrogen (secondary N) is 1. The molecule has 6 nitrogen and oxygen atoms in total. The van der Waals surface area contributed by atoms with Crippen LogP contribution in [0.1, 0.15) is 0 Å². The Morgan fingerprint density at radius 2 is 1.62 bits per heavy atom. The predicted octanol–water partition coefficient (Wildman–Crippen LogP) is 0.672. The van der Waals surface area contributed by atoms with Gasteiger partial charge in [0.25, 0.3) is 15.2 Å². The molecule has 0 amide bonds. The zero-order chi connectivity index (χ0) is 11.4. The van der Waals surface area contributed by atoms with Crippen molar-refractivity contribution in [2.24, 2.45) is 0 Å². The lowest BCUT2D eigenvalue weighted by atomic mass is 10.3. The van der Waals surface area contributed by atoms with E-state index in [1.54, 1.807) is 30.3 Å². The topological polar surface area (TPSA) is 84.8 Å². The van der Waals surface area contributed by atoms with Gasteiger partial charge in [-0.1, -0.05) is 18.2 Å². The van der Waals surface area contributed by atoms with E-state index in [0.29, 0.717) is 5.69 Å². The minimum absolute atomic E-state index is 0.300. The van der Waals surface area contributed by atoms with E-state index in [1.165, 1.54) is 0 Å². The minimum Gasteiger partial charge on any atom is -0.277 e. The van der Waals surface area contributed by atoms with Gasteiger partial charge >= 0.3 is 0 Å². The number of rotatable bonds is 3. The Kier molecular flexibility index (Phi) is 2.78. The Bertz CT molecular complexity index is 557. The minimum atomic E-state index is -3.73. The highest BCUT2D eigenvalue weighted by atomic mass is 32.2. The highest BCUT2D eigenvalue weighted by Gasteiger charge is 2.16. The summed E-state index contributed by atoms with van der Waals surface area (Å²) in [5.74, 6) is 0. The van der Waals surface area contributed by atoms with E-state index >= 15 is 0 Å².